The summed E-state index contributed by atoms with van der Waals surface area (Å²) in [5, 5.41) is 4.52. The minimum absolute atomic E-state index is 0.519. The maximum Gasteiger partial charge on any atom is 0.205 e. The average Bonchev–Trinajstić information content (AvgIpc) is 2.04. The molecule has 0 saturated carbocycles. The Morgan fingerprint density at radius 3 is 2.82 bits per heavy atom. The number of hydrogen-bond donors (Lipinski definition) is 3. The van der Waals surface area contributed by atoms with E-state index in [1.54, 1.807) is 0 Å². The molecule has 0 saturated heterocycles. The van der Waals surface area contributed by atoms with Gasteiger partial charge in [-0.15, -0.1) is 0 Å². The van der Waals surface area contributed by atoms with E-state index in [-0.39, 0.29) is 0 Å². The molecule has 62 valence electrons. The Morgan fingerprint density at radius 1 is 1.45 bits per heavy atom. The van der Waals surface area contributed by atoms with E-state index >= 15 is 0 Å². The van der Waals surface area contributed by atoms with Gasteiger partial charge in [0.2, 0.25) is 5.11 Å². The van der Waals surface area contributed by atoms with Crippen LogP contribution < -0.4 is 16.3 Å². The Balaban J connectivity index is 2.29. The summed E-state index contributed by atoms with van der Waals surface area (Å²) in [6.07, 6.45) is 3.27. The highest BCUT2D eigenvalue weighted by Gasteiger charge is 2.04. The Morgan fingerprint density at radius 2 is 2.27 bits per heavy atom. The highest BCUT2D eigenvalue weighted by molar-refractivity contribution is 7.80. The first-order valence-corrected chi connectivity index (χ1v) is 4.12. The molecule has 0 aromatic carbocycles. The third-order valence-corrected chi connectivity index (χ3v) is 1.57. The smallest absolute Gasteiger partial charge is 0.205 e. The molecule has 4 nitrogen and oxygen atoms in total. The van der Waals surface area contributed by atoms with E-state index in [2.05, 4.69) is 28.3 Å². The number of thiocarbonyl (C=S) groups is 1. The van der Waals surface area contributed by atoms with Crippen molar-refractivity contribution in [1.82, 2.24) is 16.3 Å². The predicted molar refractivity (Wildman–Crippen MR) is 49.0 cm³/mol. The van der Waals surface area contributed by atoms with E-state index in [9.17, 15) is 0 Å². The summed E-state index contributed by atoms with van der Waals surface area (Å²) in [5.74, 6) is 0.917. The minimum atomic E-state index is 0.519. The van der Waals surface area contributed by atoms with Gasteiger partial charge in [0.25, 0.3) is 0 Å². The normalized spacial score (nSPS) is 16.1. The van der Waals surface area contributed by atoms with Crippen LogP contribution in [0.3, 0.4) is 0 Å². The molecule has 0 bridgehead atoms. The highest BCUT2D eigenvalue weighted by atomic mass is 32.1. The Kier molecular flexibility index (Phi) is 3.10. The van der Waals surface area contributed by atoms with Crippen molar-refractivity contribution in [2.75, 3.05) is 0 Å². The molecule has 1 rings (SSSR count). The summed E-state index contributed by atoms with van der Waals surface area (Å²) < 4.78 is 0. The number of rotatable bonds is 3. The molecule has 11 heavy (non-hydrogen) atoms. The number of hydrogen-bond acceptors (Lipinski definition) is 3. The second-order valence-corrected chi connectivity index (χ2v) is 2.76. The first-order chi connectivity index (χ1) is 5.33. The van der Waals surface area contributed by atoms with Gasteiger partial charge >= 0.3 is 0 Å². The standard InChI is InChI=1S/C6H12N4S/c1-2-3-4-5-7-9-6(11)10-8-5/h2-4H2,1H3,(H,7,8)(H2,9,10,11). The molecular formula is C6H12N4S. The fourth-order valence-electron chi connectivity index (χ4n) is 0.766. The maximum atomic E-state index is 4.78. The van der Waals surface area contributed by atoms with Gasteiger partial charge in [-0.05, 0) is 18.6 Å². The lowest BCUT2D eigenvalue weighted by molar-refractivity contribution is 0.725. The van der Waals surface area contributed by atoms with Crippen molar-refractivity contribution in [3.63, 3.8) is 0 Å². The summed E-state index contributed by atoms with van der Waals surface area (Å²) in [5.41, 5.74) is 8.37. The molecular weight excluding hydrogens is 160 g/mol. The van der Waals surface area contributed by atoms with Gasteiger partial charge in [-0.25, -0.2) is 0 Å². The summed E-state index contributed by atoms with van der Waals surface area (Å²) >= 11 is 4.78. The highest BCUT2D eigenvalue weighted by Crippen LogP contribution is 1.95. The number of hydrazone groups is 1. The lowest BCUT2D eigenvalue weighted by Crippen LogP contribution is -2.50. The van der Waals surface area contributed by atoms with Gasteiger partial charge in [0.15, 0.2) is 0 Å². The molecule has 0 unspecified atom stereocenters. The monoisotopic (exact) mass is 172 g/mol. The zero-order valence-electron chi connectivity index (χ0n) is 6.48. The van der Waals surface area contributed by atoms with Crippen LogP contribution in [-0.2, 0) is 0 Å². The Labute approximate surface area is 71.4 Å². The minimum Gasteiger partial charge on any atom is -0.284 e. The van der Waals surface area contributed by atoms with Gasteiger partial charge in [0.1, 0.15) is 5.84 Å². The van der Waals surface area contributed by atoms with Gasteiger partial charge in [0.05, 0.1) is 0 Å². The predicted octanol–water partition coefficient (Wildman–Crippen LogP) is 0.472. The van der Waals surface area contributed by atoms with Crippen molar-refractivity contribution in [2.24, 2.45) is 5.10 Å². The summed E-state index contributed by atoms with van der Waals surface area (Å²) in [7, 11) is 0. The Hall–Kier alpha value is -0.840. The zero-order valence-corrected chi connectivity index (χ0v) is 7.29. The third kappa shape index (κ3) is 2.71. The van der Waals surface area contributed by atoms with Crippen molar-refractivity contribution in [3.8, 4) is 0 Å². The molecule has 5 heteroatoms. The van der Waals surface area contributed by atoms with Gasteiger partial charge in [-0.1, -0.05) is 13.3 Å². The molecule has 0 aromatic heterocycles. The van der Waals surface area contributed by atoms with Crippen LogP contribution in [0.1, 0.15) is 26.2 Å². The van der Waals surface area contributed by atoms with Gasteiger partial charge in [-0.3, -0.25) is 16.3 Å². The first kappa shape index (κ1) is 8.26. The lowest BCUT2D eigenvalue weighted by atomic mass is 10.2. The molecule has 3 N–H and O–H groups in total. The summed E-state index contributed by atoms with van der Waals surface area (Å²) in [6.45, 7) is 2.15. The van der Waals surface area contributed by atoms with E-state index in [4.69, 9.17) is 12.2 Å². The Bertz CT molecular complexity index is 177. The quantitative estimate of drug-likeness (QED) is 0.542. The molecule has 0 aromatic rings. The maximum absolute atomic E-state index is 4.78. The van der Waals surface area contributed by atoms with E-state index in [1.165, 1.54) is 6.42 Å². The summed E-state index contributed by atoms with van der Waals surface area (Å²) in [6, 6.07) is 0. The van der Waals surface area contributed by atoms with Crippen molar-refractivity contribution in [2.45, 2.75) is 26.2 Å². The fourth-order valence-corrected chi connectivity index (χ4v) is 0.862. The number of nitrogens with zero attached hydrogens (tertiary/aromatic N) is 1. The molecule has 0 atom stereocenters. The van der Waals surface area contributed by atoms with Gasteiger partial charge < -0.3 is 0 Å². The molecule has 0 aliphatic carbocycles. The van der Waals surface area contributed by atoms with E-state index in [0.717, 1.165) is 18.7 Å². The van der Waals surface area contributed by atoms with Crippen LogP contribution in [0.15, 0.2) is 5.10 Å². The largest absolute Gasteiger partial charge is 0.284 e. The average molecular weight is 172 g/mol. The molecule has 0 fully saturated rings. The number of hydrazine groups is 1. The second-order valence-electron chi connectivity index (χ2n) is 2.35. The van der Waals surface area contributed by atoms with Crippen LogP contribution >= 0.6 is 12.2 Å². The third-order valence-electron chi connectivity index (χ3n) is 1.38. The molecule has 0 amide bonds. The van der Waals surface area contributed by atoms with Gasteiger partial charge in [-0.2, -0.15) is 5.10 Å². The number of nitrogens with one attached hydrogen (secondary N) is 3. The van der Waals surface area contributed by atoms with Crippen LogP contribution in [0.2, 0.25) is 0 Å². The SMILES string of the molecule is CCCCC1=NNC(=S)NN1. The first-order valence-electron chi connectivity index (χ1n) is 3.71. The molecule has 1 aliphatic heterocycles. The van der Waals surface area contributed by atoms with Crippen LogP contribution in [0, 0.1) is 0 Å². The van der Waals surface area contributed by atoms with Gasteiger partial charge in [0, 0.05) is 6.42 Å². The lowest BCUT2D eigenvalue weighted by Gasteiger charge is -2.17. The van der Waals surface area contributed by atoms with Crippen molar-refractivity contribution in [1.29, 1.82) is 0 Å². The molecule has 1 heterocycles. The summed E-state index contributed by atoms with van der Waals surface area (Å²) in [4.78, 5) is 0. The number of amidine groups is 1. The van der Waals surface area contributed by atoms with E-state index in [1.807, 2.05) is 0 Å². The van der Waals surface area contributed by atoms with Crippen LogP contribution in [0.5, 0.6) is 0 Å². The van der Waals surface area contributed by atoms with Crippen LogP contribution in [0.25, 0.3) is 0 Å². The zero-order chi connectivity index (χ0) is 8.10. The molecule has 0 radical (unpaired) electrons. The van der Waals surface area contributed by atoms with Crippen molar-refractivity contribution in [3.05, 3.63) is 0 Å². The topological polar surface area (TPSA) is 48.5 Å². The van der Waals surface area contributed by atoms with Crippen molar-refractivity contribution >= 4 is 23.2 Å². The van der Waals surface area contributed by atoms with E-state index in [0.29, 0.717) is 5.11 Å². The molecule has 1 aliphatic rings. The van der Waals surface area contributed by atoms with Crippen molar-refractivity contribution < 1.29 is 0 Å². The van der Waals surface area contributed by atoms with E-state index < -0.39 is 0 Å². The molecule has 0 spiro atoms. The second kappa shape index (κ2) is 4.12. The van der Waals surface area contributed by atoms with Crippen LogP contribution in [-0.4, -0.2) is 10.9 Å². The van der Waals surface area contributed by atoms with Crippen LogP contribution in [0.4, 0.5) is 0 Å². The number of unbranched alkanes of at least 4 members (excludes halogenated alkanes) is 1. The fraction of sp³-hybridized carbons (Fsp3) is 0.667.